The standard InChI is InChI=1S/C21H38O7S/c1-2-3-4-5-6-7-8-9-10-11-12-13-16-28-21(24)19(18-20(22)23)15-14-17-29(25,26)27/h18H,2-17H2,1H3,(H,22,23)(H,25,26,27)/b19-18-. The molecule has 0 saturated carbocycles. The first kappa shape index (κ1) is 27.6. The molecule has 8 heteroatoms. The van der Waals surface area contributed by atoms with Crippen molar-refractivity contribution < 1.29 is 32.4 Å². The van der Waals surface area contributed by atoms with Crippen LogP contribution in [0.3, 0.4) is 0 Å². The van der Waals surface area contributed by atoms with E-state index in [1.165, 1.54) is 57.8 Å². The van der Waals surface area contributed by atoms with E-state index in [1.807, 2.05) is 0 Å². The van der Waals surface area contributed by atoms with Crippen LogP contribution in [0.2, 0.25) is 0 Å². The van der Waals surface area contributed by atoms with Crippen LogP contribution in [-0.4, -0.2) is 42.4 Å². The Bertz CT molecular complexity index is 582. The molecule has 0 aromatic rings. The van der Waals surface area contributed by atoms with Gasteiger partial charge in [0, 0.05) is 11.6 Å². The minimum atomic E-state index is -4.14. The molecule has 29 heavy (non-hydrogen) atoms. The summed E-state index contributed by atoms with van der Waals surface area (Å²) in [6.45, 7) is 2.44. The van der Waals surface area contributed by atoms with E-state index >= 15 is 0 Å². The molecule has 0 unspecified atom stereocenters. The lowest BCUT2D eigenvalue weighted by molar-refractivity contribution is -0.140. The molecule has 0 fully saturated rings. The third-order valence-corrected chi connectivity index (χ3v) is 5.44. The summed E-state index contributed by atoms with van der Waals surface area (Å²) in [5, 5.41) is 8.82. The maximum Gasteiger partial charge on any atom is 0.334 e. The lowest BCUT2D eigenvalue weighted by atomic mass is 10.1. The van der Waals surface area contributed by atoms with Crippen LogP contribution in [0, 0.1) is 0 Å². The van der Waals surface area contributed by atoms with Gasteiger partial charge in [-0.3, -0.25) is 4.55 Å². The van der Waals surface area contributed by atoms with Gasteiger partial charge in [-0.15, -0.1) is 0 Å². The molecule has 0 aliphatic carbocycles. The average molecular weight is 435 g/mol. The number of carbonyl (C=O) groups is 2. The largest absolute Gasteiger partial charge is 0.478 e. The van der Waals surface area contributed by atoms with Gasteiger partial charge in [-0.05, 0) is 19.3 Å². The molecule has 0 spiro atoms. The molecule has 0 aliphatic rings. The van der Waals surface area contributed by atoms with E-state index in [0.717, 1.165) is 18.9 Å². The van der Waals surface area contributed by atoms with Gasteiger partial charge in [0.15, 0.2) is 0 Å². The van der Waals surface area contributed by atoms with E-state index in [0.29, 0.717) is 6.42 Å². The number of carbonyl (C=O) groups excluding carboxylic acids is 1. The van der Waals surface area contributed by atoms with Gasteiger partial charge in [0.2, 0.25) is 0 Å². The zero-order valence-corrected chi connectivity index (χ0v) is 18.6. The molecule has 0 radical (unpaired) electrons. The van der Waals surface area contributed by atoms with Gasteiger partial charge in [-0.1, -0.05) is 77.6 Å². The Kier molecular flexibility index (Phi) is 16.6. The first-order chi connectivity index (χ1) is 13.8. The van der Waals surface area contributed by atoms with E-state index in [9.17, 15) is 18.0 Å². The molecule has 0 amide bonds. The number of esters is 1. The van der Waals surface area contributed by atoms with Crippen LogP contribution in [0.4, 0.5) is 0 Å². The summed E-state index contributed by atoms with van der Waals surface area (Å²) < 4.78 is 35.2. The minimum absolute atomic E-state index is 0.0499. The quantitative estimate of drug-likeness (QED) is 0.128. The third kappa shape index (κ3) is 19.7. The topological polar surface area (TPSA) is 118 Å². The summed E-state index contributed by atoms with van der Waals surface area (Å²) in [7, 11) is -4.14. The molecule has 0 bridgehead atoms. The van der Waals surface area contributed by atoms with Gasteiger partial charge < -0.3 is 9.84 Å². The highest BCUT2D eigenvalue weighted by Gasteiger charge is 2.14. The van der Waals surface area contributed by atoms with Crippen LogP contribution in [0.5, 0.6) is 0 Å². The Morgan fingerprint density at radius 2 is 1.31 bits per heavy atom. The molecule has 0 aromatic carbocycles. The highest BCUT2D eigenvalue weighted by atomic mass is 32.2. The second kappa shape index (κ2) is 17.4. The first-order valence-corrected chi connectivity index (χ1v) is 12.4. The van der Waals surface area contributed by atoms with Crippen molar-refractivity contribution >= 4 is 22.1 Å². The number of aliphatic carboxylic acids is 1. The van der Waals surface area contributed by atoms with Crippen molar-refractivity contribution in [3.8, 4) is 0 Å². The van der Waals surface area contributed by atoms with Crippen LogP contribution >= 0.6 is 0 Å². The fourth-order valence-electron chi connectivity index (χ4n) is 3.03. The number of carboxylic acids is 1. The van der Waals surface area contributed by atoms with E-state index in [1.54, 1.807) is 0 Å². The van der Waals surface area contributed by atoms with Gasteiger partial charge in [0.25, 0.3) is 10.1 Å². The smallest absolute Gasteiger partial charge is 0.334 e. The van der Waals surface area contributed by atoms with Crippen molar-refractivity contribution in [3.05, 3.63) is 11.6 Å². The predicted octanol–water partition coefficient (Wildman–Crippen LogP) is 4.91. The van der Waals surface area contributed by atoms with Crippen LogP contribution in [0.15, 0.2) is 11.6 Å². The average Bonchev–Trinajstić information content (AvgIpc) is 2.63. The van der Waals surface area contributed by atoms with E-state index in [-0.39, 0.29) is 25.0 Å². The van der Waals surface area contributed by atoms with Crippen molar-refractivity contribution in [1.29, 1.82) is 0 Å². The first-order valence-electron chi connectivity index (χ1n) is 10.8. The number of ether oxygens (including phenoxy) is 1. The lowest BCUT2D eigenvalue weighted by Crippen LogP contribution is -2.12. The van der Waals surface area contributed by atoms with Crippen molar-refractivity contribution in [2.75, 3.05) is 12.4 Å². The Labute approximate surface area is 175 Å². The van der Waals surface area contributed by atoms with E-state index < -0.39 is 27.8 Å². The minimum Gasteiger partial charge on any atom is -0.478 e. The predicted molar refractivity (Wildman–Crippen MR) is 113 cm³/mol. The molecule has 170 valence electrons. The van der Waals surface area contributed by atoms with Crippen LogP contribution in [0.25, 0.3) is 0 Å². The molecule has 2 N–H and O–H groups in total. The molecule has 0 atom stereocenters. The van der Waals surface area contributed by atoms with Crippen LogP contribution in [0.1, 0.15) is 96.8 Å². The SMILES string of the molecule is CCCCCCCCCCCCCCOC(=O)/C(=C\C(=O)O)CCCS(=O)(=O)O. The van der Waals surface area contributed by atoms with Gasteiger partial charge >= 0.3 is 11.9 Å². The van der Waals surface area contributed by atoms with Crippen molar-refractivity contribution in [2.45, 2.75) is 96.8 Å². The summed E-state index contributed by atoms with van der Waals surface area (Å²) in [6, 6.07) is 0. The highest BCUT2D eigenvalue weighted by Crippen LogP contribution is 2.13. The van der Waals surface area contributed by atoms with Crippen LogP contribution < -0.4 is 0 Å². The molecule has 0 saturated heterocycles. The van der Waals surface area contributed by atoms with Crippen molar-refractivity contribution in [3.63, 3.8) is 0 Å². The Hall–Kier alpha value is -1.41. The maximum absolute atomic E-state index is 12.0. The zero-order chi connectivity index (χ0) is 22.0. The molecule has 0 rings (SSSR count). The number of hydrogen-bond donors (Lipinski definition) is 2. The van der Waals surface area contributed by atoms with Gasteiger partial charge in [0.1, 0.15) is 0 Å². The number of carboxylic acid groups (broad SMARTS) is 1. The lowest BCUT2D eigenvalue weighted by Gasteiger charge is -2.08. The molecule has 0 aliphatic heterocycles. The molecule has 0 aromatic heterocycles. The van der Waals surface area contributed by atoms with Gasteiger partial charge in [-0.2, -0.15) is 8.42 Å². The van der Waals surface area contributed by atoms with E-state index in [4.69, 9.17) is 14.4 Å². The summed E-state index contributed by atoms with van der Waals surface area (Å²) in [5.74, 6) is -2.57. The Balaban J connectivity index is 3.81. The molecular formula is C21H38O7S. The van der Waals surface area contributed by atoms with Crippen molar-refractivity contribution in [1.82, 2.24) is 0 Å². The molecule has 0 heterocycles. The Morgan fingerprint density at radius 3 is 1.76 bits per heavy atom. The maximum atomic E-state index is 12.0. The Morgan fingerprint density at radius 1 is 0.828 bits per heavy atom. The van der Waals surface area contributed by atoms with Gasteiger partial charge in [-0.25, -0.2) is 9.59 Å². The monoisotopic (exact) mass is 434 g/mol. The summed E-state index contributed by atoms with van der Waals surface area (Å²) in [4.78, 5) is 22.8. The summed E-state index contributed by atoms with van der Waals surface area (Å²) in [5.41, 5.74) is -0.0971. The fraction of sp³-hybridized carbons (Fsp3) is 0.810. The second-order valence-corrected chi connectivity index (χ2v) is 8.99. The summed E-state index contributed by atoms with van der Waals surface area (Å²) >= 11 is 0. The summed E-state index contributed by atoms with van der Waals surface area (Å²) in [6.07, 6.45) is 14.9. The molecule has 7 nitrogen and oxygen atoms in total. The van der Waals surface area contributed by atoms with Crippen LogP contribution in [-0.2, 0) is 24.4 Å². The number of rotatable bonds is 19. The highest BCUT2D eigenvalue weighted by molar-refractivity contribution is 7.85. The zero-order valence-electron chi connectivity index (χ0n) is 17.7. The number of hydrogen-bond acceptors (Lipinski definition) is 5. The second-order valence-electron chi connectivity index (χ2n) is 7.42. The molecular weight excluding hydrogens is 396 g/mol. The van der Waals surface area contributed by atoms with Gasteiger partial charge in [0.05, 0.1) is 12.4 Å². The van der Waals surface area contributed by atoms with E-state index in [2.05, 4.69) is 6.92 Å². The fourth-order valence-corrected chi connectivity index (χ4v) is 3.54. The van der Waals surface area contributed by atoms with Crippen molar-refractivity contribution in [2.24, 2.45) is 0 Å². The number of unbranched alkanes of at least 4 members (excludes halogenated alkanes) is 11. The third-order valence-electron chi connectivity index (χ3n) is 4.64. The normalized spacial score (nSPS) is 12.1.